The molecule has 0 aliphatic carbocycles. The Morgan fingerprint density at radius 1 is 0.971 bits per heavy atom. The predicted molar refractivity (Wildman–Crippen MR) is 131 cm³/mol. The molecule has 3 aromatic rings. The number of rotatable bonds is 9. The number of carbonyl (C=O) groups excluding carboxylic acids is 2. The van der Waals surface area contributed by atoms with E-state index in [1.54, 1.807) is 55.5 Å². The first-order valence-corrected chi connectivity index (χ1v) is 10.7. The highest BCUT2D eigenvalue weighted by atomic mass is 35.5. The molecule has 8 heteroatoms. The lowest BCUT2D eigenvalue weighted by Crippen LogP contribution is -2.33. The van der Waals surface area contributed by atoms with Crippen molar-refractivity contribution in [3.8, 4) is 17.2 Å². The van der Waals surface area contributed by atoms with Crippen LogP contribution in [0.25, 0.3) is 6.08 Å². The van der Waals surface area contributed by atoms with Gasteiger partial charge in [0.05, 0.1) is 13.3 Å². The normalized spacial score (nSPS) is 11.9. The van der Waals surface area contributed by atoms with Crippen molar-refractivity contribution in [2.24, 2.45) is 5.10 Å². The van der Waals surface area contributed by atoms with Gasteiger partial charge in [0, 0.05) is 11.1 Å². The zero-order valence-corrected chi connectivity index (χ0v) is 19.4. The van der Waals surface area contributed by atoms with Crippen LogP contribution < -0.4 is 19.6 Å². The molecule has 3 rings (SSSR count). The molecular formula is C26H23ClN2O5. The lowest BCUT2D eigenvalue weighted by molar-refractivity contribution is -0.129. The summed E-state index contributed by atoms with van der Waals surface area (Å²) in [7, 11) is 1.46. The SMILES string of the molecule is COc1cc(/C=N/NC(=O)C(C)Oc2ccc(Cl)cc2)ccc1OC(=O)/C=C/c1ccccc1. The largest absolute Gasteiger partial charge is 0.493 e. The van der Waals surface area contributed by atoms with Crippen LogP contribution in [0.3, 0.4) is 0 Å². The fourth-order valence-corrected chi connectivity index (χ4v) is 2.88. The molecule has 174 valence electrons. The Morgan fingerprint density at radius 2 is 1.71 bits per heavy atom. The third-order valence-electron chi connectivity index (χ3n) is 4.49. The van der Waals surface area contributed by atoms with Crippen molar-refractivity contribution in [1.82, 2.24) is 5.43 Å². The minimum atomic E-state index is -0.765. The predicted octanol–water partition coefficient (Wildman–Crippen LogP) is 4.89. The van der Waals surface area contributed by atoms with Crippen molar-refractivity contribution in [3.05, 3.63) is 95.0 Å². The van der Waals surface area contributed by atoms with Crippen molar-refractivity contribution in [2.75, 3.05) is 7.11 Å². The van der Waals surface area contributed by atoms with Gasteiger partial charge in [0.1, 0.15) is 5.75 Å². The van der Waals surface area contributed by atoms with E-state index in [9.17, 15) is 9.59 Å². The summed E-state index contributed by atoms with van der Waals surface area (Å²) < 4.78 is 16.2. The number of benzene rings is 3. The summed E-state index contributed by atoms with van der Waals surface area (Å²) >= 11 is 5.84. The maximum Gasteiger partial charge on any atom is 0.336 e. The van der Waals surface area contributed by atoms with E-state index in [4.69, 9.17) is 25.8 Å². The number of nitrogens with one attached hydrogen (secondary N) is 1. The molecule has 1 N–H and O–H groups in total. The van der Waals surface area contributed by atoms with Crippen LogP contribution in [0.15, 0.2) is 84.0 Å². The Kier molecular flexibility index (Phi) is 8.82. The van der Waals surface area contributed by atoms with Crippen LogP contribution in [-0.4, -0.2) is 31.3 Å². The average molecular weight is 479 g/mol. The molecule has 1 unspecified atom stereocenters. The number of ether oxygens (including phenoxy) is 3. The van der Waals surface area contributed by atoms with E-state index < -0.39 is 18.0 Å². The Morgan fingerprint density at radius 3 is 2.41 bits per heavy atom. The van der Waals surface area contributed by atoms with E-state index in [-0.39, 0.29) is 5.75 Å². The van der Waals surface area contributed by atoms with Crippen molar-refractivity contribution in [1.29, 1.82) is 0 Å². The highest BCUT2D eigenvalue weighted by Gasteiger charge is 2.14. The molecule has 0 aromatic heterocycles. The van der Waals surface area contributed by atoms with Crippen LogP contribution in [0.5, 0.6) is 17.2 Å². The zero-order valence-electron chi connectivity index (χ0n) is 18.6. The second-order valence-electron chi connectivity index (χ2n) is 7.02. The number of esters is 1. The molecule has 0 bridgehead atoms. The fourth-order valence-electron chi connectivity index (χ4n) is 2.75. The van der Waals surface area contributed by atoms with Gasteiger partial charge in [0.2, 0.25) is 0 Å². The molecule has 0 saturated heterocycles. The van der Waals surface area contributed by atoms with Crippen LogP contribution in [-0.2, 0) is 9.59 Å². The van der Waals surface area contributed by atoms with Gasteiger partial charge in [-0.15, -0.1) is 0 Å². The van der Waals surface area contributed by atoms with Crippen LogP contribution in [0.1, 0.15) is 18.1 Å². The van der Waals surface area contributed by atoms with Crippen molar-refractivity contribution in [2.45, 2.75) is 13.0 Å². The molecular weight excluding hydrogens is 456 g/mol. The van der Waals surface area contributed by atoms with Gasteiger partial charge in [0.25, 0.3) is 5.91 Å². The van der Waals surface area contributed by atoms with Gasteiger partial charge in [-0.25, -0.2) is 10.2 Å². The summed E-state index contributed by atoms with van der Waals surface area (Å²) in [4.78, 5) is 24.3. The minimum Gasteiger partial charge on any atom is -0.493 e. The van der Waals surface area contributed by atoms with E-state index in [1.165, 1.54) is 19.4 Å². The standard InChI is InChI=1S/C26H23ClN2O5/c1-18(33-22-12-10-21(27)11-13-22)26(31)29-28-17-20-8-14-23(24(16-20)32-2)34-25(30)15-9-19-6-4-3-5-7-19/h3-18H,1-2H3,(H,29,31)/b15-9+,28-17+. The molecule has 1 amide bonds. The number of nitrogens with zero attached hydrogens (tertiary/aromatic N) is 1. The van der Waals surface area contributed by atoms with Gasteiger partial charge in [0.15, 0.2) is 17.6 Å². The third-order valence-corrected chi connectivity index (χ3v) is 4.75. The summed E-state index contributed by atoms with van der Waals surface area (Å²) in [5, 5.41) is 4.52. The van der Waals surface area contributed by atoms with Crippen LogP contribution >= 0.6 is 11.6 Å². The Bertz CT molecular complexity index is 1180. The molecule has 1 atom stereocenters. The molecule has 0 spiro atoms. The van der Waals surface area contributed by atoms with E-state index in [0.29, 0.717) is 22.1 Å². The Hall–Kier alpha value is -4.10. The zero-order chi connectivity index (χ0) is 24.3. The highest BCUT2D eigenvalue weighted by Crippen LogP contribution is 2.28. The van der Waals surface area contributed by atoms with Crippen LogP contribution in [0.2, 0.25) is 5.02 Å². The Labute approximate surface area is 202 Å². The van der Waals surface area contributed by atoms with Gasteiger partial charge in [-0.05, 0) is 66.6 Å². The molecule has 7 nitrogen and oxygen atoms in total. The van der Waals surface area contributed by atoms with E-state index in [1.807, 2.05) is 30.3 Å². The fraction of sp³-hybridized carbons (Fsp3) is 0.115. The quantitative estimate of drug-likeness (QED) is 0.156. The second-order valence-corrected chi connectivity index (χ2v) is 7.46. The van der Waals surface area contributed by atoms with Crippen molar-refractivity contribution >= 4 is 35.8 Å². The van der Waals surface area contributed by atoms with E-state index >= 15 is 0 Å². The third kappa shape index (κ3) is 7.50. The second kappa shape index (κ2) is 12.2. The maximum absolute atomic E-state index is 12.2. The smallest absolute Gasteiger partial charge is 0.336 e. The number of halogens is 1. The number of amides is 1. The summed E-state index contributed by atoms with van der Waals surface area (Å²) in [6, 6.07) is 21.0. The van der Waals surface area contributed by atoms with Gasteiger partial charge in [-0.3, -0.25) is 4.79 Å². The van der Waals surface area contributed by atoms with Crippen molar-refractivity contribution < 1.29 is 23.8 Å². The van der Waals surface area contributed by atoms with Gasteiger partial charge >= 0.3 is 5.97 Å². The number of hydrogen-bond donors (Lipinski definition) is 1. The summed E-state index contributed by atoms with van der Waals surface area (Å²) in [5.74, 6) is 0.163. The van der Waals surface area contributed by atoms with E-state index in [0.717, 1.165) is 5.56 Å². The van der Waals surface area contributed by atoms with Gasteiger partial charge in [-0.1, -0.05) is 41.9 Å². The van der Waals surface area contributed by atoms with E-state index in [2.05, 4.69) is 10.5 Å². The van der Waals surface area contributed by atoms with Gasteiger partial charge in [-0.2, -0.15) is 5.10 Å². The topological polar surface area (TPSA) is 86.2 Å². The molecule has 0 heterocycles. The summed E-state index contributed by atoms with van der Waals surface area (Å²) in [5.41, 5.74) is 3.93. The first kappa shape index (κ1) is 24.5. The molecule has 0 saturated carbocycles. The lowest BCUT2D eigenvalue weighted by atomic mass is 10.2. The number of carbonyl (C=O) groups is 2. The number of hydrogen-bond acceptors (Lipinski definition) is 6. The number of hydrazone groups is 1. The molecule has 0 fully saturated rings. The summed E-state index contributed by atoms with van der Waals surface area (Å²) in [6.45, 7) is 1.61. The minimum absolute atomic E-state index is 0.261. The van der Waals surface area contributed by atoms with Crippen LogP contribution in [0, 0.1) is 0 Å². The van der Waals surface area contributed by atoms with Crippen molar-refractivity contribution in [3.63, 3.8) is 0 Å². The lowest BCUT2D eigenvalue weighted by Gasteiger charge is -2.12. The monoisotopic (exact) mass is 478 g/mol. The van der Waals surface area contributed by atoms with Crippen LogP contribution in [0.4, 0.5) is 0 Å². The first-order valence-electron chi connectivity index (χ1n) is 10.3. The average Bonchev–Trinajstić information content (AvgIpc) is 2.85. The highest BCUT2D eigenvalue weighted by molar-refractivity contribution is 6.30. The Balaban J connectivity index is 1.55. The molecule has 3 aromatic carbocycles. The molecule has 0 aliphatic heterocycles. The van der Waals surface area contributed by atoms with Gasteiger partial charge < -0.3 is 14.2 Å². The molecule has 0 radical (unpaired) electrons. The first-order chi connectivity index (χ1) is 16.4. The number of methoxy groups -OCH3 is 1. The maximum atomic E-state index is 12.2. The molecule has 0 aliphatic rings. The molecule has 34 heavy (non-hydrogen) atoms. The summed E-state index contributed by atoms with van der Waals surface area (Å²) in [6.07, 6.45) is 3.68.